The van der Waals surface area contributed by atoms with E-state index in [9.17, 15) is 9.59 Å². The summed E-state index contributed by atoms with van der Waals surface area (Å²) in [6.07, 6.45) is 0. The molecular weight excluding hydrogens is 334 g/mol. The number of anilines is 1. The highest BCUT2D eigenvalue weighted by molar-refractivity contribution is 8.00. The summed E-state index contributed by atoms with van der Waals surface area (Å²) in [7, 11) is 0. The Morgan fingerprint density at radius 3 is 2.32 bits per heavy atom. The van der Waals surface area contributed by atoms with Crippen molar-refractivity contribution in [1.82, 2.24) is 0 Å². The second-order valence-corrected chi connectivity index (χ2v) is 7.39. The first-order chi connectivity index (χ1) is 12.0. The van der Waals surface area contributed by atoms with Crippen LogP contribution in [0.5, 0.6) is 0 Å². The van der Waals surface area contributed by atoms with E-state index in [0.717, 1.165) is 16.1 Å². The zero-order valence-corrected chi connectivity index (χ0v) is 15.5. The summed E-state index contributed by atoms with van der Waals surface area (Å²) in [5, 5.41) is 2.44. The van der Waals surface area contributed by atoms with E-state index in [-0.39, 0.29) is 17.8 Å². The maximum Gasteiger partial charge on any atom is 0.319 e. The largest absolute Gasteiger partial charge is 0.455 e. The van der Waals surface area contributed by atoms with Gasteiger partial charge in [-0.25, -0.2) is 0 Å². The van der Waals surface area contributed by atoms with Gasteiger partial charge in [0, 0.05) is 10.6 Å². The van der Waals surface area contributed by atoms with E-state index < -0.39 is 5.97 Å². The number of ether oxygens (including phenoxy) is 1. The van der Waals surface area contributed by atoms with E-state index in [1.807, 2.05) is 54.6 Å². The molecule has 0 fully saturated rings. The van der Waals surface area contributed by atoms with Gasteiger partial charge in [-0.3, -0.25) is 9.59 Å². The molecule has 0 bridgehead atoms. The zero-order chi connectivity index (χ0) is 18.2. The Kier molecular flexibility index (Phi) is 7.07. The lowest BCUT2D eigenvalue weighted by atomic mass is 10.0. The fourth-order valence-electron chi connectivity index (χ4n) is 2.31. The molecule has 1 atom stereocenters. The highest BCUT2D eigenvalue weighted by Crippen LogP contribution is 2.24. The normalized spacial score (nSPS) is 11.8. The van der Waals surface area contributed by atoms with Crippen molar-refractivity contribution in [1.29, 1.82) is 0 Å². The van der Waals surface area contributed by atoms with Gasteiger partial charge in [-0.05, 0) is 36.6 Å². The van der Waals surface area contributed by atoms with Gasteiger partial charge in [-0.1, -0.05) is 50.2 Å². The molecule has 0 saturated carbocycles. The molecule has 0 aliphatic carbocycles. The maximum atomic E-state index is 12.1. The van der Waals surface area contributed by atoms with Gasteiger partial charge in [0.05, 0.1) is 0 Å². The van der Waals surface area contributed by atoms with Crippen LogP contribution in [-0.2, 0) is 14.3 Å². The van der Waals surface area contributed by atoms with Crippen molar-refractivity contribution in [3.8, 4) is 0 Å². The minimum Gasteiger partial charge on any atom is -0.455 e. The van der Waals surface area contributed by atoms with E-state index >= 15 is 0 Å². The summed E-state index contributed by atoms with van der Waals surface area (Å²) in [5.74, 6) is -0.444. The minimum absolute atomic E-state index is 0.287. The monoisotopic (exact) mass is 357 g/mol. The Morgan fingerprint density at radius 1 is 1.00 bits per heavy atom. The molecule has 1 N–H and O–H groups in total. The molecule has 2 rings (SSSR count). The molecule has 25 heavy (non-hydrogen) atoms. The van der Waals surface area contributed by atoms with Crippen LogP contribution >= 0.6 is 11.8 Å². The van der Waals surface area contributed by atoms with E-state index in [0.29, 0.717) is 5.92 Å². The SMILES string of the molecule is CC(C)c1ccccc1NC(=O)COC(=O)[C@H](C)Sc1ccccc1. The average Bonchev–Trinajstić information content (AvgIpc) is 2.60. The number of para-hydroxylation sites is 1. The van der Waals surface area contributed by atoms with Crippen LogP contribution in [0.1, 0.15) is 32.3 Å². The number of carbonyl (C=O) groups excluding carboxylic acids is 2. The van der Waals surface area contributed by atoms with Crippen molar-refractivity contribution < 1.29 is 14.3 Å². The summed E-state index contributed by atoms with van der Waals surface area (Å²) < 4.78 is 5.14. The van der Waals surface area contributed by atoms with Crippen molar-refractivity contribution in [2.45, 2.75) is 36.8 Å². The van der Waals surface area contributed by atoms with Crippen molar-refractivity contribution in [3.63, 3.8) is 0 Å². The molecule has 0 aromatic heterocycles. The van der Waals surface area contributed by atoms with Crippen LogP contribution in [0, 0.1) is 0 Å². The Labute approximate surface area is 153 Å². The van der Waals surface area contributed by atoms with E-state index in [2.05, 4.69) is 19.2 Å². The standard InChI is InChI=1S/C20H23NO3S/c1-14(2)17-11-7-8-12-18(17)21-19(22)13-24-20(23)15(3)25-16-9-5-4-6-10-16/h4-12,14-15H,13H2,1-3H3,(H,21,22)/t15-/m0/s1. The lowest BCUT2D eigenvalue weighted by molar-refractivity contribution is -0.146. The second-order valence-electron chi connectivity index (χ2n) is 5.97. The minimum atomic E-state index is -0.402. The lowest BCUT2D eigenvalue weighted by Crippen LogP contribution is -2.25. The molecule has 2 aromatic carbocycles. The van der Waals surface area contributed by atoms with Crippen LogP contribution in [0.15, 0.2) is 59.5 Å². The van der Waals surface area contributed by atoms with Gasteiger partial charge in [0.25, 0.3) is 5.91 Å². The van der Waals surface area contributed by atoms with Crippen LogP contribution in [-0.4, -0.2) is 23.7 Å². The van der Waals surface area contributed by atoms with Gasteiger partial charge < -0.3 is 10.1 Å². The number of esters is 1. The molecular formula is C20H23NO3S. The van der Waals surface area contributed by atoms with Crippen LogP contribution in [0.3, 0.4) is 0 Å². The molecule has 5 heteroatoms. The Bertz CT molecular complexity index is 716. The summed E-state index contributed by atoms with van der Waals surface area (Å²) >= 11 is 1.41. The van der Waals surface area contributed by atoms with Crippen LogP contribution < -0.4 is 5.32 Å². The highest BCUT2D eigenvalue weighted by Gasteiger charge is 2.18. The molecule has 0 spiro atoms. The topological polar surface area (TPSA) is 55.4 Å². The van der Waals surface area contributed by atoms with Crippen molar-refractivity contribution in [3.05, 3.63) is 60.2 Å². The predicted octanol–water partition coefficient (Wildman–Crippen LogP) is 4.47. The van der Waals surface area contributed by atoms with Crippen molar-refractivity contribution in [2.24, 2.45) is 0 Å². The number of nitrogens with one attached hydrogen (secondary N) is 1. The third-order valence-electron chi connectivity index (χ3n) is 3.59. The van der Waals surface area contributed by atoms with Crippen molar-refractivity contribution in [2.75, 3.05) is 11.9 Å². The second kappa shape index (κ2) is 9.28. The number of amides is 1. The van der Waals surface area contributed by atoms with Crippen LogP contribution in [0.25, 0.3) is 0 Å². The number of carbonyl (C=O) groups is 2. The molecule has 0 unspecified atom stereocenters. The lowest BCUT2D eigenvalue weighted by Gasteiger charge is -2.14. The van der Waals surface area contributed by atoms with Gasteiger partial charge in [-0.15, -0.1) is 11.8 Å². The Balaban J connectivity index is 1.84. The van der Waals surface area contributed by atoms with Gasteiger partial charge >= 0.3 is 5.97 Å². The first-order valence-electron chi connectivity index (χ1n) is 8.24. The predicted molar refractivity (Wildman–Crippen MR) is 102 cm³/mol. The third-order valence-corrected chi connectivity index (χ3v) is 4.68. The molecule has 0 aliphatic heterocycles. The number of benzene rings is 2. The van der Waals surface area contributed by atoms with E-state index in [1.54, 1.807) is 6.92 Å². The first kappa shape index (κ1) is 19.1. The zero-order valence-electron chi connectivity index (χ0n) is 14.7. The quantitative estimate of drug-likeness (QED) is 0.587. The van der Waals surface area contributed by atoms with Gasteiger partial charge in [0.1, 0.15) is 5.25 Å². The number of hydrogen-bond donors (Lipinski definition) is 1. The summed E-state index contributed by atoms with van der Waals surface area (Å²) in [5.41, 5.74) is 1.81. The van der Waals surface area contributed by atoms with Crippen LogP contribution in [0.2, 0.25) is 0 Å². The Morgan fingerprint density at radius 2 is 1.64 bits per heavy atom. The average molecular weight is 357 g/mol. The summed E-state index contributed by atoms with van der Waals surface area (Å²) in [4.78, 5) is 25.1. The van der Waals surface area contributed by atoms with Crippen LogP contribution in [0.4, 0.5) is 5.69 Å². The molecule has 2 aromatic rings. The van der Waals surface area contributed by atoms with Gasteiger partial charge in [-0.2, -0.15) is 0 Å². The highest BCUT2D eigenvalue weighted by atomic mass is 32.2. The molecule has 0 aliphatic rings. The number of thioether (sulfide) groups is 1. The smallest absolute Gasteiger partial charge is 0.319 e. The number of rotatable bonds is 7. The van der Waals surface area contributed by atoms with E-state index in [4.69, 9.17) is 4.74 Å². The van der Waals surface area contributed by atoms with Gasteiger partial charge in [0.15, 0.2) is 6.61 Å². The molecule has 132 valence electrons. The third kappa shape index (κ3) is 5.94. The van der Waals surface area contributed by atoms with Gasteiger partial charge in [0.2, 0.25) is 0 Å². The molecule has 1 amide bonds. The summed E-state index contributed by atoms with van der Waals surface area (Å²) in [6.45, 7) is 5.61. The molecule has 0 saturated heterocycles. The molecule has 4 nitrogen and oxygen atoms in total. The maximum absolute atomic E-state index is 12.1. The van der Waals surface area contributed by atoms with E-state index in [1.165, 1.54) is 11.8 Å². The number of hydrogen-bond acceptors (Lipinski definition) is 4. The first-order valence-corrected chi connectivity index (χ1v) is 9.12. The molecule has 0 heterocycles. The molecule has 0 radical (unpaired) electrons. The Hall–Kier alpha value is -2.27. The fourth-order valence-corrected chi connectivity index (χ4v) is 3.19. The van der Waals surface area contributed by atoms with Crippen molar-refractivity contribution >= 4 is 29.3 Å². The fraction of sp³-hybridized carbons (Fsp3) is 0.300. The summed E-state index contributed by atoms with van der Waals surface area (Å²) in [6, 6.07) is 17.3.